The molecule has 0 spiro atoms. The molecule has 2 rings (SSSR count). The van der Waals surface area contributed by atoms with Gasteiger partial charge in [-0.15, -0.1) is 11.3 Å². The van der Waals surface area contributed by atoms with Crippen molar-refractivity contribution in [1.29, 1.82) is 0 Å². The minimum Gasteiger partial charge on any atom is -0.482 e. The Labute approximate surface area is 144 Å². The monoisotopic (exact) mass is 376 g/mol. The van der Waals surface area contributed by atoms with Gasteiger partial charge in [-0.1, -0.05) is 11.6 Å². The number of carbonyl (C=O) groups is 1. The Hall–Kier alpha value is -2.06. The predicted molar refractivity (Wildman–Crippen MR) is 87.5 cm³/mol. The lowest BCUT2D eigenvalue weighted by Crippen LogP contribution is -2.20. The summed E-state index contributed by atoms with van der Waals surface area (Å²) in [6, 6.07) is 3.94. The number of hydrogen-bond donors (Lipinski definition) is 1. The molecule has 0 unspecified atom stereocenters. The van der Waals surface area contributed by atoms with Gasteiger partial charge in [-0.25, -0.2) is 4.98 Å². The van der Waals surface area contributed by atoms with Crippen LogP contribution in [0.4, 0.5) is 18.9 Å². The van der Waals surface area contributed by atoms with Gasteiger partial charge >= 0.3 is 6.18 Å². The Kier molecular flexibility index (Phi) is 5.84. The summed E-state index contributed by atoms with van der Waals surface area (Å²) in [5.74, 6) is -0.664. The number of rotatable bonds is 5. The van der Waals surface area contributed by atoms with Gasteiger partial charge in [-0.2, -0.15) is 13.2 Å². The van der Waals surface area contributed by atoms with E-state index >= 15 is 0 Å². The van der Waals surface area contributed by atoms with E-state index in [1.807, 2.05) is 6.92 Å². The fraction of sp³-hybridized carbons (Fsp3) is 0.200. The Morgan fingerprint density at radius 1 is 1.46 bits per heavy atom. The Balaban J connectivity index is 2.08. The predicted octanol–water partition coefficient (Wildman–Crippen LogP) is 4.70. The van der Waals surface area contributed by atoms with Gasteiger partial charge in [-0.3, -0.25) is 4.79 Å². The van der Waals surface area contributed by atoms with Gasteiger partial charge in [0.15, 0.2) is 6.61 Å². The van der Waals surface area contributed by atoms with Crippen molar-refractivity contribution in [3.8, 4) is 5.75 Å². The van der Waals surface area contributed by atoms with E-state index in [1.54, 1.807) is 5.38 Å². The molecular formula is C15H12ClF3N2O2S. The average Bonchev–Trinajstić information content (AvgIpc) is 2.89. The molecule has 0 bridgehead atoms. The first kappa shape index (κ1) is 18.3. The van der Waals surface area contributed by atoms with Crippen molar-refractivity contribution < 1.29 is 22.7 Å². The molecule has 4 nitrogen and oxygen atoms in total. The number of aromatic nitrogens is 1. The molecule has 1 aromatic heterocycles. The average molecular weight is 377 g/mol. The summed E-state index contributed by atoms with van der Waals surface area (Å²) in [6.07, 6.45) is -1.76. The standard InChI is InChI=1S/C15H12ClF3N2O2S/c1-9-20-11(7-24-9)3-5-14(22)21-12-6-10(16)2-4-13(12)23-8-15(17,18)19/h2-7H,8H2,1H3,(H,21,22)/b5-3+. The molecule has 0 saturated heterocycles. The molecule has 0 aliphatic carbocycles. The lowest BCUT2D eigenvalue weighted by atomic mass is 10.3. The fourth-order valence-electron chi connectivity index (χ4n) is 1.68. The third-order valence-corrected chi connectivity index (χ3v) is 3.66. The lowest BCUT2D eigenvalue weighted by molar-refractivity contribution is -0.153. The number of carbonyl (C=O) groups excluding carboxylic acids is 1. The zero-order valence-corrected chi connectivity index (χ0v) is 13.9. The molecule has 24 heavy (non-hydrogen) atoms. The van der Waals surface area contributed by atoms with Crippen molar-refractivity contribution in [3.05, 3.63) is 45.4 Å². The topological polar surface area (TPSA) is 51.2 Å². The molecule has 1 N–H and O–H groups in total. The van der Waals surface area contributed by atoms with E-state index in [2.05, 4.69) is 10.3 Å². The number of thiazole rings is 1. The summed E-state index contributed by atoms with van der Waals surface area (Å²) in [5, 5.41) is 5.32. The van der Waals surface area contributed by atoms with Gasteiger partial charge in [0, 0.05) is 16.5 Å². The number of halogens is 4. The Morgan fingerprint density at radius 2 is 2.21 bits per heavy atom. The van der Waals surface area contributed by atoms with Crippen LogP contribution in [0.5, 0.6) is 5.75 Å². The number of nitrogens with zero attached hydrogens (tertiary/aromatic N) is 1. The van der Waals surface area contributed by atoms with Crippen molar-refractivity contribution >= 4 is 40.6 Å². The summed E-state index contributed by atoms with van der Waals surface area (Å²) in [5.41, 5.74) is 0.670. The molecule has 1 amide bonds. The van der Waals surface area contributed by atoms with Crippen LogP contribution in [0.2, 0.25) is 5.02 Å². The van der Waals surface area contributed by atoms with Gasteiger partial charge in [0.1, 0.15) is 5.75 Å². The molecule has 9 heteroatoms. The molecule has 0 saturated carbocycles. The summed E-state index contributed by atoms with van der Waals surface area (Å²) in [7, 11) is 0. The van der Waals surface area contributed by atoms with E-state index in [0.29, 0.717) is 5.69 Å². The molecular weight excluding hydrogens is 365 g/mol. The van der Waals surface area contributed by atoms with Gasteiger partial charge < -0.3 is 10.1 Å². The zero-order chi connectivity index (χ0) is 17.7. The largest absolute Gasteiger partial charge is 0.482 e. The maximum atomic E-state index is 12.3. The number of hydrogen-bond acceptors (Lipinski definition) is 4. The van der Waals surface area contributed by atoms with E-state index in [1.165, 1.54) is 41.7 Å². The second kappa shape index (κ2) is 7.67. The van der Waals surface area contributed by atoms with Crippen LogP contribution in [0.1, 0.15) is 10.7 Å². The molecule has 0 atom stereocenters. The highest BCUT2D eigenvalue weighted by atomic mass is 35.5. The van der Waals surface area contributed by atoms with Crippen molar-refractivity contribution in [2.45, 2.75) is 13.1 Å². The molecule has 1 aromatic carbocycles. The Morgan fingerprint density at radius 3 is 2.83 bits per heavy atom. The zero-order valence-electron chi connectivity index (χ0n) is 12.4. The second-order valence-electron chi connectivity index (χ2n) is 4.66. The van der Waals surface area contributed by atoms with Crippen molar-refractivity contribution in [2.75, 3.05) is 11.9 Å². The van der Waals surface area contributed by atoms with Crippen LogP contribution in [0.3, 0.4) is 0 Å². The molecule has 1 heterocycles. The molecule has 0 fully saturated rings. The highest BCUT2D eigenvalue weighted by molar-refractivity contribution is 7.09. The van der Waals surface area contributed by atoms with Crippen LogP contribution in [0.25, 0.3) is 6.08 Å². The molecule has 2 aromatic rings. The minimum atomic E-state index is -4.48. The van der Waals surface area contributed by atoms with E-state index in [-0.39, 0.29) is 16.5 Å². The van der Waals surface area contributed by atoms with Crippen LogP contribution in [0, 0.1) is 6.92 Å². The number of ether oxygens (including phenoxy) is 1. The summed E-state index contributed by atoms with van der Waals surface area (Å²) in [4.78, 5) is 16.1. The van der Waals surface area contributed by atoms with Crippen LogP contribution >= 0.6 is 22.9 Å². The van der Waals surface area contributed by atoms with Crippen LogP contribution in [0.15, 0.2) is 29.7 Å². The SMILES string of the molecule is Cc1nc(/C=C/C(=O)Nc2cc(Cl)ccc2OCC(F)(F)F)cs1. The number of nitrogens with one attached hydrogen (secondary N) is 1. The van der Waals surface area contributed by atoms with Gasteiger partial charge in [0.05, 0.1) is 16.4 Å². The van der Waals surface area contributed by atoms with Gasteiger partial charge in [-0.05, 0) is 31.2 Å². The lowest BCUT2D eigenvalue weighted by Gasteiger charge is -2.13. The number of aryl methyl sites for hydroxylation is 1. The first-order valence-corrected chi connectivity index (χ1v) is 7.89. The van der Waals surface area contributed by atoms with Crippen LogP contribution < -0.4 is 10.1 Å². The first-order chi connectivity index (χ1) is 11.2. The van der Waals surface area contributed by atoms with E-state index in [4.69, 9.17) is 16.3 Å². The third kappa shape index (κ3) is 5.86. The van der Waals surface area contributed by atoms with Crippen molar-refractivity contribution in [2.24, 2.45) is 0 Å². The highest BCUT2D eigenvalue weighted by Gasteiger charge is 2.29. The number of benzene rings is 1. The fourth-order valence-corrected chi connectivity index (χ4v) is 2.43. The summed E-state index contributed by atoms with van der Waals surface area (Å²) >= 11 is 7.25. The quantitative estimate of drug-likeness (QED) is 0.770. The molecule has 128 valence electrons. The number of anilines is 1. The van der Waals surface area contributed by atoms with Gasteiger partial charge in [0.25, 0.3) is 0 Å². The maximum Gasteiger partial charge on any atom is 0.422 e. The van der Waals surface area contributed by atoms with E-state index in [9.17, 15) is 18.0 Å². The van der Waals surface area contributed by atoms with Gasteiger partial charge in [0.2, 0.25) is 5.91 Å². The normalized spacial score (nSPS) is 11.7. The molecule has 0 aliphatic heterocycles. The summed E-state index contributed by atoms with van der Waals surface area (Å²) < 4.78 is 41.5. The highest BCUT2D eigenvalue weighted by Crippen LogP contribution is 2.29. The number of amides is 1. The van der Waals surface area contributed by atoms with Crippen LogP contribution in [-0.4, -0.2) is 23.7 Å². The van der Waals surface area contributed by atoms with E-state index in [0.717, 1.165) is 5.01 Å². The summed E-state index contributed by atoms with van der Waals surface area (Å²) in [6.45, 7) is 0.365. The smallest absolute Gasteiger partial charge is 0.422 e. The van der Waals surface area contributed by atoms with E-state index < -0.39 is 18.7 Å². The maximum absolute atomic E-state index is 12.3. The van der Waals surface area contributed by atoms with Crippen molar-refractivity contribution in [1.82, 2.24) is 4.98 Å². The Bertz CT molecular complexity index is 759. The molecule has 0 radical (unpaired) electrons. The third-order valence-electron chi connectivity index (χ3n) is 2.63. The first-order valence-electron chi connectivity index (χ1n) is 6.63. The number of alkyl halides is 3. The van der Waals surface area contributed by atoms with Crippen LogP contribution in [-0.2, 0) is 4.79 Å². The minimum absolute atomic E-state index is 0.0517. The van der Waals surface area contributed by atoms with Crippen molar-refractivity contribution in [3.63, 3.8) is 0 Å². The second-order valence-corrected chi connectivity index (χ2v) is 6.16. The molecule has 0 aliphatic rings.